The SMILES string of the molecule is COON(N)N1Cc2ccccc2CC1C(=O)O. The van der Waals surface area contributed by atoms with Gasteiger partial charge in [-0.2, -0.15) is 5.01 Å². The molecule has 0 radical (unpaired) electrons. The normalized spacial score (nSPS) is 19.8. The van der Waals surface area contributed by atoms with Crippen molar-refractivity contribution in [3.63, 3.8) is 0 Å². The minimum Gasteiger partial charge on any atom is -0.480 e. The zero-order valence-electron chi connectivity index (χ0n) is 9.94. The van der Waals surface area contributed by atoms with Gasteiger partial charge < -0.3 is 5.11 Å². The molecule has 1 unspecified atom stereocenters. The van der Waals surface area contributed by atoms with Gasteiger partial charge in [-0.1, -0.05) is 24.3 Å². The molecule has 1 heterocycles. The molecule has 1 aromatic carbocycles. The molecular weight excluding hydrogens is 238 g/mol. The summed E-state index contributed by atoms with van der Waals surface area (Å²) in [5.74, 6) is 4.63. The summed E-state index contributed by atoms with van der Waals surface area (Å²) >= 11 is 0. The van der Waals surface area contributed by atoms with Crippen LogP contribution in [0.4, 0.5) is 0 Å². The molecule has 3 N–H and O–H groups in total. The van der Waals surface area contributed by atoms with E-state index >= 15 is 0 Å². The van der Waals surface area contributed by atoms with Crippen molar-refractivity contribution >= 4 is 5.97 Å². The first-order valence-corrected chi connectivity index (χ1v) is 5.45. The Balaban J connectivity index is 2.25. The van der Waals surface area contributed by atoms with Crippen molar-refractivity contribution in [2.24, 2.45) is 5.84 Å². The molecule has 0 aliphatic carbocycles. The van der Waals surface area contributed by atoms with Crippen molar-refractivity contribution in [1.29, 1.82) is 0 Å². The van der Waals surface area contributed by atoms with Crippen LogP contribution in [0, 0.1) is 0 Å². The summed E-state index contributed by atoms with van der Waals surface area (Å²) in [7, 11) is 1.30. The summed E-state index contributed by atoms with van der Waals surface area (Å²) in [5.41, 5.74) is 2.03. The standard InChI is InChI=1S/C11H15N3O4/c1-17-18-14(12)13-7-9-5-3-2-4-8(9)6-10(13)11(15)16/h2-5,10H,6-7,12H2,1H3,(H,15,16). The largest absolute Gasteiger partial charge is 0.480 e. The number of nitrogens with zero attached hydrogens (tertiary/aromatic N) is 2. The van der Waals surface area contributed by atoms with Gasteiger partial charge in [0.1, 0.15) is 6.04 Å². The molecule has 1 atom stereocenters. The van der Waals surface area contributed by atoms with Gasteiger partial charge in [0.25, 0.3) is 0 Å². The molecule has 0 spiro atoms. The van der Waals surface area contributed by atoms with Gasteiger partial charge in [0.2, 0.25) is 0 Å². The quantitative estimate of drug-likeness (QED) is 0.446. The summed E-state index contributed by atoms with van der Waals surface area (Å²) in [5, 5.41) is 11.4. The van der Waals surface area contributed by atoms with E-state index in [9.17, 15) is 9.90 Å². The number of fused-ring (bicyclic) bond motifs is 1. The number of rotatable bonds is 4. The van der Waals surface area contributed by atoms with Crippen molar-refractivity contribution < 1.29 is 19.8 Å². The van der Waals surface area contributed by atoms with Gasteiger partial charge >= 0.3 is 5.97 Å². The second-order valence-corrected chi connectivity index (χ2v) is 3.97. The third kappa shape index (κ3) is 2.50. The van der Waals surface area contributed by atoms with E-state index in [4.69, 9.17) is 5.84 Å². The average molecular weight is 253 g/mol. The van der Waals surface area contributed by atoms with Crippen LogP contribution in [0.3, 0.4) is 0 Å². The molecule has 1 aromatic rings. The molecule has 2 rings (SSSR count). The molecule has 0 saturated carbocycles. The number of nitrogens with two attached hydrogens (primary N) is 1. The van der Waals surface area contributed by atoms with Crippen LogP contribution >= 0.6 is 0 Å². The Bertz CT molecular complexity index is 440. The van der Waals surface area contributed by atoms with Crippen molar-refractivity contribution in [2.45, 2.75) is 19.0 Å². The fraction of sp³-hybridized carbons (Fsp3) is 0.364. The third-order valence-corrected chi connectivity index (χ3v) is 2.91. The number of carbonyl (C=O) groups is 1. The highest BCUT2D eigenvalue weighted by molar-refractivity contribution is 5.74. The van der Waals surface area contributed by atoms with E-state index in [0.717, 1.165) is 16.4 Å². The Hall–Kier alpha value is -1.51. The van der Waals surface area contributed by atoms with Crippen LogP contribution in [0.5, 0.6) is 0 Å². The Morgan fingerprint density at radius 1 is 1.50 bits per heavy atom. The summed E-state index contributed by atoms with van der Waals surface area (Å²) in [6.45, 7) is 0.354. The molecule has 98 valence electrons. The number of benzene rings is 1. The first-order valence-electron chi connectivity index (χ1n) is 5.45. The van der Waals surface area contributed by atoms with Crippen molar-refractivity contribution in [3.05, 3.63) is 35.4 Å². The maximum Gasteiger partial charge on any atom is 0.322 e. The van der Waals surface area contributed by atoms with E-state index in [2.05, 4.69) is 9.88 Å². The van der Waals surface area contributed by atoms with E-state index in [1.54, 1.807) is 0 Å². The number of carboxylic acid groups (broad SMARTS) is 1. The summed E-state index contributed by atoms with van der Waals surface area (Å²) in [4.78, 5) is 20.4. The van der Waals surface area contributed by atoms with E-state index in [-0.39, 0.29) is 0 Å². The highest BCUT2D eigenvalue weighted by Gasteiger charge is 2.35. The van der Waals surface area contributed by atoms with Crippen LogP contribution in [-0.2, 0) is 27.6 Å². The Labute approximate surface area is 104 Å². The second-order valence-electron chi connectivity index (χ2n) is 3.97. The van der Waals surface area contributed by atoms with Gasteiger partial charge in [0.15, 0.2) is 0 Å². The lowest BCUT2D eigenvalue weighted by molar-refractivity contribution is -0.477. The Morgan fingerprint density at radius 2 is 2.17 bits per heavy atom. The number of hydrazine groups is 2. The molecule has 7 nitrogen and oxygen atoms in total. The molecule has 0 saturated heterocycles. The van der Waals surface area contributed by atoms with Gasteiger partial charge in [-0.3, -0.25) is 4.79 Å². The zero-order chi connectivity index (χ0) is 13.1. The fourth-order valence-corrected chi connectivity index (χ4v) is 2.05. The maximum atomic E-state index is 11.3. The smallest absolute Gasteiger partial charge is 0.322 e. The van der Waals surface area contributed by atoms with E-state index in [1.165, 1.54) is 12.1 Å². The minimum absolute atomic E-state index is 0.354. The number of hydrogen-bond acceptors (Lipinski definition) is 6. The topological polar surface area (TPSA) is 88.3 Å². The predicted octanol–water partition coefficient (Wildman–Crippen LogP) is 0.0816. The molecule has 1 aliphatic heterocycles. The molecule has 0 fully saturated rings. The van der Waals surface area contributed by atoms with Crippen molar-refractivity contribution in [2.75, 3.05) is 7.11 Å². The van der Waals surface area contributed by atoms with Crippen LogP contribution in [0.15, 0.2) is 24.3 Å². The lowest BCUT2D eigenvalue weighted by Gasteiger charge is -2.37. The minimum atomic E-state index is -0.959. The van der Waals surface area contributed by atoms with E-state index < -0.39 is 12.0 Å². The highest BCUT2D eigenvalue weighted by atomic mass is 17.3. The molecule has 7 heteroatoms. The molecule has 0 bridgehead atoms. The number of carboxylic acids is 1. The highest BCUT2D eigenvalue weighted by Crippen LogP contribution is 2.23. The first kappa shape index (κ1) is 12.9. The maximum absolute atomic E-state index is 11.3. The summed E-state index contributed by atoms with van der Waals surface area (Å²) < 4.78 is 0. The van der Waals surface area contributed by atoms with Crippen LogP contribution in [0.1, 0.15) is 11.1 Å². The number of aliphatic carboxylic acids is 1. The van der Waals surface area contributed by atoms with Crippen LogP contribution in [0.2, 0.25) is 0 Å². The summed E-state index contributed by atoms with van der Waals surface area (Å²) in [6.07, 6.45) is 0.367. The molecule has 1 aliphatic rings. The van der Waals surface area contributed by atoms with Gasteiger partial charge in [-0.25, -0.2) is 10.7 Å². The Morgan fingerprint density at radius 3 is 2.78 bits per heavy atom. The molecular formula is C11H15N3O4. The lowest BCUT2D eigenvalue weighted by Crippen LogP contribution is -2.57. The monoisotopic (exact) mass is 253 g/mol. The molecule has 0 aromatic heterocycles. The zero-order valence-corrected chi connectivity index (χ0v) is 9.94. The van der Waals surface area contributed by atoms with Crippen LogP contribution in [0.25, 0.3) is 0 Å². The summed E-state index contributed by atoms with van der Waals surface area (Å²) in [6, 6.07) is 6.86. The van der Waals surface area contributed by atoms with Gasteiger partial charge in [0.05, 0.1) is 7.11 Å². The molecule has 18 heavy (non-hydrogen) atoms. The van der Waals surface area contributed by atoms with E-state index in [1.807, 2.05) is 24.3 Å². The van der Waals surface area contributed by atoms with Gasteiger partial charge in [-0.15, -0.1) is 4.99 Å². The number of hydrogen-bond donors (Lipinski definition) is 2. The predicted molar refractivity (Wildman–Crippen MR) is 61.2 cm³/mol. The van der Waals surface area contributed by atoms with E-state index in [0.29, 0.717) is 13.0 Å². The third-order valence-electron chi connectivity index (χ3n) is 2.91. The van der Waals surface area contributed by atoms with Crippen LogP contribution in [-0.4, -0.2) is 34.5 Å². The van der Waals surface area contributed by atoms with Gasteiger partial charge in [0, 0.05) is 13.0 Å². The molecule has 0 amide bonds. The fourth-order valence-electron chi connectivity index (χ4n) is 2.05. The Kier molecular flexibility index (Phi) is 3.90. The first-order chi connectivity index (χ1) is 8.63. The van der Waals surface area contributed by atoms with Crippen molar-refractivity contribution in [1.82, 2.24) is 10.3 Å². The second kappa shape index (κ2) is 5.42. The van der Waals surface area contributed by atoms with Crippen molar-refractivity contribution in [3.8, 4) is 0 Å². The van der Waals surface area contributed by atoms with Gasteiger partial charge in [-0.05, 0) is 16.4 Å². The lowest BCUT2D eigenvalue weighted by atomic mass is 9.95. The van der Waals surface area contributed by atoms with Crippen LogP contribution < -0.4 is 5.84 Å². The average Bonchev–Trinajstić information content (AvgIpc) is 2.37.